The molecule has 4 N–H and O–H groups in total. The fourth-order valence-corrected chi connectivity index (χ4v) is 3.09. The molecule has 0 aliphatic heterocycles. The first-order valence-corrected chi connectivity index (χ1v) is 9.58. The topological polar surface area (TPSA) is 74.8 Å². The van der Waals surface area contributed by atoms with E-state index in [1.54, 1.807) is 0 Å². The van der Waals surface area contributed by atoms with Crippen molar-refractivity contribution >= 4 is 27.9 Å². The Labute approximate surface area is 162 Å². The molecular formula is C20H25BrN3O2+. The molecule has 2 aromatic carbocycles. The average Bonchev–Trinajstić information content (AvgIpc) is 2.64. The largest absolute Gasteiger partial charge is 0.338 e. The lowest BCUT2D eigenvalue weighted by Crippen LogP contribution is -2.88. The van der Waals surface area contributed by atoms with Crippen LogP contribution in [-0.4, -0.2) is 18.5 Å². The minimum atomic E-state index is -0.507. The number of quaternary nitrogens is 1. The van der Waals surface area contributed by atoms with E-state index in [1.807, 2.05) is 54.7 Å². The molecule has 26 heavy (non-hydrogen) atoms. The molecule has 0 bridgehead atoms. The standard InChI is InChI=1S/C20H24BrN3O2/c1-3-17(14-10-12-16(21)13-11-14)23-18(15-8-6-5-7-9-15)19(25)24-20(26)22-4-2/h5-13,17-18,23H,3-4H2,1-2H3,(H2,22,24,25,26)/p+1/t17-,18+/m0/s1. The fourth-order valence-electron chi connectivity index (χ4n) is 2.83. The van der Waals surface area contributed by atoms with Crippen LogP contribution in [0.2, 0.25) is 0 Å². The van der Waals surface area contributed by atoms with Crippen molar-refractivity contribution < 1.29 is 14.9 Å². The molecule has 0 fully saturated rings. The normalized spacial score (nSPS) is 12.9. The van der Waals surface area contributed by atoms with E-state index in [2.05, 4.69) is 45.6 Å². The fraction of sp³-hybridized carbons (Fsp3) is 0.300. The zero-order chi connectivity index (χ0) is 18.9. The molecule has 2 aromatic rings. The van der Waals surface area contributed by atoms with Gasteiger partial charge in [-0.15, -0.1) is 0 Å². The molecule has 3 amide bonds. The third kappa shape index (κ3) is 5.68. The SMILES string of the molecule is CCNC(=O)NC(=O)[C@H]([NH2+][C@@H](CC)c1ccc(Br)cc1)c1ccccc1. The Morgan fingerprint density at radius 3 is 2.23 bits per heavy atom. The van der Waals surface area contributed by atoms with Crippen LogP contribution in [0, 0.1) is 0 Å². The molecule has 0 heterocycles. The number of rotatable bonds is 7. The van der Waals surface area contributed by atoms with E-state index in [9.17, 15) is 9.59 Å². The Balaban J connectivity index is 2.23. The quantitative estimate of drug-likeness (QED) is 0.646. The zero-order valence-corrected chi connectivity index (χ0v) is 16.6. The minimum absolute atomic E-state index is 0.105. The highest BCUT2D eigenvalue weighted by Gasteiger charge is 2.29. The molecule has 0 aromatic heterocycles. The number of imide groups is 1. The first kappa shape index (κ1) is 20.1. The Kier molecular flexibility index (Phi) is 7.81. The Bertz CT molecular complexity index is 720. The molecule has 0 radical (unpaired) electrons. The third-order valence-electron chi connectivity index (χ3n) is 4.18. The van der Waals surface area contributed by atoms with Crippen LogP contribution in [-0.2, 0) is 4.79 Å². The van der Waals surface area contributed by atoms with Gasteiger partial charge in [-0.2, -0.15) is 0 Å². The lowest BCUT2D eigenvalue weighted by Gasteiger charge is -2.22. The lowest BCUT2D eigenvalue weighted by atomic mass is 10.00. The second-order valence-corrected chi connectivity index (χ2v) is 6.91. The van der Waals surface area contributed by atoms with Gasteiger partial charge in [0.2, 0.25) is 0 Å². The summed E-state index contributed by atoms with van der Waals surface area (Å²) in [6.07, 6.45) is 0.861. The number of nitrogens with one attached hydrogen (secondary N) is 2. The maximum Gasteiger partial charge on any atom is 0.321 e. The van der Waals surface area contributed by atoms with Crippen molar-refractivity contribution in [3.63, 3.8) is 0 Å². The van der Waals surface area contributed by atoms with Gasteiger partial charge in [0, 0.05) is 28.6 Å². The van der Waals surface area contributed by atoms with Gasteiger partial charge < -0.3 is 10.6 Å². The first-order chi connectivity index (χ1) is 12.5. The number of hydrogen-bond acceptors (Lipinski definition) is 2. The van der Waals surface area contributed by atoms with E-state index in [-0.39, 0.29) is 11.9 Å². The number of nitrogens with two attached hydrogens (primary N) is 1. The van der Waals surface area contributed by atoms with Crippen LogP contribution in [0.1, 0.15) is 43.5 Å². The molecule has 0 aliphatic carbocycles. The molecule has 2 rings (SSSR count). The van der Waals surface area contributed by atoms with Gasteiger partial charge in [0.05, 0.1) is 0 Å². The Hall–Kier alpha value is -2.18. The van der Waals surface area contributed by atoms with Crippen molar-refractivity contribution in [3.05, 3.63) is 70.2 Å². The number of carbonyl (C=O) groups is 2. The van der Waals surface area contributed by atoms with Crippen molar-refractivity contribution in [1.82, 2.24) is 10.6 Å². The number of urea groups is 1. The summed E-state index contributed by atoms with van der Waals surface area (Å²) in [4.78, 5) is 24.5. The van der Waals surface area contributed by atoms with E-state index in [0.717, 1.165) is 22.0 Å². The van der Waals surface area contributed by atoms with Crippen LogP contribution in [0.5, 0.6) is 0 Å². The van der Waals surface area contributed by atoms with Crippen molar-refractivity contribution in [2.75, 3.05) is 6.54 Å². The molecule has 0 spiro atoms. The summed E-state index contributed by atoms with van der Waals surface area (Å²) >= 11 is 3.45. The van der Waals surface area contributed by atoms with E-state index in [1.165, 1.54) is 0 Å². The molecular weight excluding hydrogens is 394 g/mol. The van der Waals surface area contributed by atoms with Gasteiger partial charge >= 0.3 is 6.03 Å². The van der Waals surface area contributed by atoms with Gasteiger partial charge in [0.1, 0.15) is 6.04 Å². The van der Waals surface area contributed by atoms with Gasteiger partial charge in [-0.25, -0.2) is 4.79 Å². The summed E-state index contributed by atoms with van der Waals surface area (Å²) in [5, 5.41) is 7.06. The highest BCUT2D eigenvalue weighted by atomic mass is 79.9. The summed E-state index contributed by atoms with van der Waals surface area (Å²) in [7, 11) is 0. The minimum Gasteiger partial charge on any atom is -0.338 e. The van der Waals surface area contributed by atoms with Crippen LogP contribution >= 0.6 is 15.9 Å². The van der Waals surface area contributed by atoms with Gasteiger partial charge in [0.25, 0.3) is 5.91 Å². The molecule has 5 nitrogen and oxygen atoms in total. The number of hydrogen-bond donors (Lipinski definition) is 3. The highest BCUT2D eigenvalue weighted by molar-refractivity contribution is 9.10. The Morgan fingerprint density at radius 1 is 1.00 bits per heavy atom. The van der Waals surface area contributed by atoms with Crippen molar-refractivity contribution in [1.29, 1.82) is 0 Å². The summed E-state index contributed by atoms with van der Waals surface area (Å²) in [5.41, 5.74) is 2.01. The van der Waals surface area contributed by atoms with Gasteiger partial charge in [-0.3, -0.25) is 10.1 Å². The molecule has 0 aliphatic rings. The summed E-state index contributed by atoms with van der Waals surface area (Å²) in [5.74, 6) is -0.322. The summed E-state index contributed by atoms with van der Waals surface area (Å²) < 4.78 is 1.02. The number of amides is 3. The van der Waals surface area contributed by atoms with E-state index >= 15 is 0 Å². The third-order valence-corrected chi connectivity index (χ3v) is 4.71. The molecule has 0 saturated heterocycles. The van der Waals surface area contributed by atoms with Gasteiger partial charge in [-0.05, 0) is 19.1 Å². The molecule has 0 unspecified atom stereocenters. The van der Waals surface area contributed by atoms with Crippen LogP contribution in [0.3, 0.4) is 0 Å². The molecule has 0 saturated carbocycles. The second kappa shape index (κ2) is 10.1. The predicted octanol–water partition coefficient (Wildman–Crippen LogP) is 3.05. The van der Waals surface area contributed by atoms with E-state index in [4.69, 9.17) is 0 Å². The predicted molar refractivity (Wildman–Crippen MR) is 105 cm³/mol. The van der Waals surface area contributed by atoms with Crippen LogP contribution in [0.25, 0.3) is 0 Å². The lowest BCUT2D eigenvalue weighted by molar-refractivity contribution is -0.722. The summed E-state index contributed by atoms with van der Waals surface area (Å²) in [6.45, 7) is 4.37. The molecule has 2 atom stereocenters. The second-order valence-electron chi connectivity index (χ2n) is 6.00. The van der Waals surface area contributed by atoms with Crippen LogP contribution < -0.4 is 16.0 Å². The van der Waals surface area contributed by atoms with Crippen LogP contribution in [0.15, 0.2) is 59.1 Å². The number of halogens is 1. The van der Waals surface area contributed by atoms with E-state index in [0.29, 0.717) is 6.54 Å². The van der Waals surface area contributed by atoms with E-state index < -0.39 is 12.1 Å². The maximum atomic E-state index is 12.8. The molecule has 138 valence electrons. The number of carbonyl (C=O) groups excluding carboxylic acids is 2. The Morgan fingerprint density at radius 2 is 1.65 bits per heavy atom. The van der Waals surface area contributed by atoms with Crippen molar-refractivity contribution in [2.45, 2.75) is 32.4 Å². The maximum absolute atomic E-state index is 12.8. The van der Waals surface area contributed by atoms with Crippen molar-refractivity contribution in [3.8, 4) is 0 Å². The monoisotopic (exact) mass is 418 g/mol. The number of benzene rings is 2. The first-order valence-electron chi connectivity index (χ1n) is 8.79. The van der Waals surface area contributed by atoms with Crippen molar-refractivity contribution in [2.24, 2.45) is 0 Å². The highest BCUT2D eigenvalue weighted by Crippen LogP contribution is 2.18. The van der Waals surface area contributed by atoms with Gasteiger partial charge in [0.15, 0.2) is 6.04 Å². The average molecular weight is 419 g/mol. The van der Waals surface area contributed by atoms with Gasteiger partial charge in [-0.1, -0.05) is 65.3 Å². The molecule has 6 heteroatoms. The summed E-state index contributed by atoms with van der Waals surface area (Å²) in [6, 6.07) is 16.8. The van der Waals surface area contributed by atoms with Crippen LogP contribution in [0.4, 0.5) is 4.79 Å². The smallest absolute Gasteiger partial charge is 0.321 e. The zero-order valence-electron chi connectivity index (χ0n) is 15.0.